The van der Waals surface area contributed by atoms with Gasteiger partial charge in [-0.2, -0.15) is 0 Å². The average Bonchev–Trinajstić information content (AvgIpc) is 2.95. The fraction of sp³-hybridized carbons (Fsp3) is 0.233. The summed E-state index contributed by atoms with van der Waals surface area (Å²) in [6.45, 7) is 5.10. The molecule has 3 aromatic rings. The first kappa shape index (κ1) is 31.2. The zero-order valence-electron chi connectivity index (χ0n) is 22.3. The molecule has 0 spiro atoms. The molecule has 2 N–H and O–H groups in total. The lowest BCUT2D eigenvalue weighted by Crippen LogP contribution is -2.08. The number of nitro benzene ring substituents is 1. The molecule has 0 saturated carbocycles. The van der Waals surface area contributed by atoms with Gasteiger partial charge in [0.05, 0.1) is 17.6 Å². The van der Waals surface area contributed by atoms with E-state index in [0.717, 1.165) is 49.3 Å². The Morgan fingerprint density at radius 3 is 2.08 bits per heavy atom. The Morgan fingerprint density at radius 1 is 0.950 bits per heavy atom. The average molecular weight is 550 g/mol. The van der Waals surface area contributed by atoms with Gasteiger partial charge in [0.2, 0.25) is 0 Å². The van der Waals surface area contributed by atoms with E-state index in [0.29, 0.717) is 5.56 Å². The third-order valence-electron chi connectivity index (χ3n) is 5.82. The molecule has 0 aliphatic rings. The molecule has 0 fully saturated rings. The molecule has 210 valence electrons. The van der Waals surface area contributed by atoms with Crippen LogP contribution in [0.1, 0.15) is 58.9 Å². The van der Waals surface area contributed by atoms with Gasteiger partial charge in [-0.3, -0.25) is 10.1 Å². The molecule has 0 bridgehead atoms. The number of carboxylic acids is 2. The fourth-order valence-electron chi connectivity index (χ4n) is 3.85. The highest BCUT2D eigenvalue weighted by Crippen LogP contribution is 2.37. The fourth-order valence-corrected chi connectivity index (χ4v) is 3.85. The van der Waals surface area contributed by atoms with Crippen molar-refractivity contribution in [2.45, 2.75) is 39.0 Å². The van der Waals surface area contributed by atoms with Crippen LogP contribution in [0, 0.1) is 10.1 Å². The summed E-state index contributed by atoms with van der Waals surface area (Å²) in [5, 5.41) is 28.0. The van der Waals surface area contributed by atoms with E-state index in [4.69, 9.17) is 14.6 Å². The summed E-state index contributed by atoms with van der Waals surface area (Å²) in [6, 6.07) is 15.3. The molecule has 0 radical (unpaired) electrons. The normalized spacial score (nSPS) is 10.1. The number of rotatable bonds is 12. The number of hydrogen-bond donors (Lipinski definition) is 2. The van der Waals surface area contributed by atoms with Crippen LogP contribution in [0.5, 0.6) is 11.5 Å². The van der Waals surface area contributed by atoms with Crippen LogP contribution in [0.15, 0.2) is 73.3 Å². The van der Waals surface area contributed by atoms with Crippen LogP contribution >= 0.6 is 0 Å². The van der Waals surface area contributed by atoms with E-state index in [1.807, 2.05) is 6.07 Å². The van der Waals surface area contributed by atoms with E-state index < -0.39 is 22.8 Å². The molecular weight excluding hydrogens is 518 g/mol. The van der Waals surface area contributed by atoms with Gasteiger partial charge in [-0.1, -0.05) is 51.0 Å². The number of unbranched alkanes of at least 4 members (excludes halogenated alkanes) is 3. The minimum absolute atomic E-state index is 0.0708. The number of carbonyl (C=O) groups excluding carboxylic acids is 1. The largest absolute Gasteiger partial charge is 0.495 e. The lowest BCUT2D eigenvalue weighted by Gasteiger charge is -2.17. The molecule has 10 heteroatoms. The SMILES string of the molecule is C=CC(=O)O.CCCCCCc1ccc(C(=O)O)c(OC)c1-c1ccc(C(=O)Oc2ccc([N+](=O)[O-])cc2)cc1. The number of ether oxygens (including phenoxy) is 2. The quantitative estimate of drug-likeness (QED) is 0.0638. The third-order valence-corrected chi connectivity index (χ3v) is 5.82. The summed E-state index contributed by atoms with van der Waals surface area (Å²) in [4.78, 5) is 43.8. The molecule has 10 nitrogen and oxygen atoms in total. The Morgan fingerprint density at radius 2 is 1.57 bits per heavy atom. The van der Waals surface area contributed by atoms with Gasteiger partial charge in [-0.25, -0.2) is 14.4 Å². The smallest absolute Gasteiger partial charge is 0.343 e. The lowest BCUT2D eigenvalue weighted by molar-refractivity contribution is -0.384. The number of methoxy groups -OCH3 is 1. The molecule has 0 aromatic heterocycles. The highest BCUT2D eigenvalue weighted by Gasteiger charge is 2.20. The van der Waals surface area contributed by atoms with Crippen LogP contribution in [-0.4, -0.2) is 40.2 Å². The number of carbonyl (C=O) groups is 3. The van der Waals surface area contributed by atoms with Gasteiger partial charge in [0.15, 0.2) is 0 Å². The van der Waals surface area contributed by atoms with Crippen molar-refractivity contribution in [3.8, 4) is 22.6 Å². The standard InChI is InChI=1S/C27H27NO7.C3H4O2/c1-3-4-5-6-7-18-12-17-23(26(29)30)25(34-2)24(18)19-8-10-20(11-9-19)27(31)35-22-15-13-21(14-16-22)28(32)33;1-2-3(4)5/h8-17H,3-7H2,1-2H3,(H,29,30);2H,1H2,(H,4,5). The molecule has 0 heterocycles. The highest BCUT2D eigenvalue weighted by molar-refractivity contribution is 5.96. The first-order valence-electron chi connectivity index (χ1n) is 12.5. The van der Waals surface area contributed by atoms with Crippen LogP contribution in [0.2, 0.25) is 0 Å². The Kier molecular flexibility index (Phi) is 12.0. The highest BCUT2D eigenvalue weighted by atomic mass is 16.6. The summed E-state index contributed by atoms with van der Waals surface area (Å²) in [5.41, 5.74) is 2.65. The summed E-state index contributed by atoms with van der Waals surface area (Å²) >= 11 is 0. The maximum absolute atomic E-state index is 12.6. The summed E-state index contributed by atoms with van der Waals surface area (Å²) in [5.74, 6) is -2.20. The van der Waals surface area contributed by atoms with Crippen molar-refractivity contribution in [1.29, 1.82) is 0 Å². The number of non-ortho nitro benzene ring substituents is 1. The minimum Gasteiger partial charge on any atom is -0.495 e. The second-order valence-corrected chi connectivity index (χ2v) is 8.56. The van der Waals surface area contributed by atoms with E-state index in [1.54, 1.807) is 30.3 Å². The molecule has 0 unspecified atom stereocenters. The topological polar surface area (TPSA) is 153 Å². The van der Waals surface area contributed by atoms with Crippen molar-refractivity contribution in [2.24, 2.45) is 0 Å². The van der Waals surface area contributed by atoms with E-state index in [1.165, 1.54) is 31.4 Å². The predicted molar refractivity (Wildman–Crippen MR) is 149 cm³/mol. The number of hydrogen-bond acceptors (Lipinski definition) is 7. The molecular formula is C30H31NO9. The molecule has 3 aromatic carbocycles. The van der Waals surface area contributed by atoms with Crippen molar-refractivity contribution in [3.05, 3.63) is 100 Å². The summed E-state index contributed by atoms with van der Waals surface area (Å²) in [7, 11) is 1.45. The number of benzene rings is 3. The number of carboxylic acid groups (broad SMARTS) is 2. The monoisotopic (exact) mass is 549 g/mol. The van der Waals surface area contributed by atoms with Gasteiger partial charge in [0, 0.05) is 23.8 Å². The molecule has 0 aliphatic heterocycles. The zero-order chi connectivity index (χ0) is 29.7. The van der Waals surface area contributed by atoms with Crippen molar-refractivity contribution in [2.75, 3.05) is 7.11 Å². The van der Waals surface area contributed by atoms with Crippen molar-refractivity contribution >= 4 is 23.6 Å². The summed E-state index contributed by atoms with van der Waals surface area (Å²) in [6.07, 6.45) is 5.90. The molecule has 0 saturated heterocycles. The second-order valence-electron chi connectivity index (χ2n) is 8.56. The van der Waals surface area contributed by atoms with Gasteiger partial charge in [-0.05, 0) is 54.3 Å². The van der Waals surface area contributed by atoms with Gasteiger partial charge < -0.3 is 19.7 Å². The Hall–Kier alpha value is -4.99. The van der Waals surface area contributed by atoms with E-state index in [2.05, 4.69) is 13.5 Å². The van der Waals surface area contributed by atoms with Crippen LogP contribution in [0.3, 0.4) is 0 Å². The number of nitrogens with zero attached hydrogens (tertiary/aromatic N) is 1. The Balaban J connectivity index is 0.00000103. The van der Waals surface area contributed by atoms with E-state index in [-0.39, 0.29) is 28.3 Å². The van der Waals surface area contributed by atoms with Gasteiger partial charge in [-0.15, -0.1) is 0 Å². The third kappa shape index (κ3) is 8.80. The zero-order valence-corrected chi connectivity index (χ0v) is 22.3. The van der Waals surface area contributed by atoms with Gasteiger partial charge >= 0.3 is 17.9 Å². The second kappa shape index (κ2) is 15.4. The molecule has 0 amide bonds. The number of aromatic carboxylic acids is 1. The van der Waals surface area contributed by atoms with Crippen LogP contribution < -0.4 is 9.47 Å². The van der Waals surface area contributed by atoms with E-state index in [9.17, 15) is 29.6 Å². The maximum atomic E-state index is 12.6. The number of aryl methyl sites for hydroxylation is 1. The number of nitro groups is 1. The number of aliphatic carboxylic acids is 1. The Bertz CT molecular complexity index is 1350. The maximum Gasteiger partial charge on any atom is 0.343 e. The van der Waals surface area contributed by atoms with Crippen molar-refractivity contribution < 1.29 is 39.0 Å². The summed E-state index contributed by atoms with van der Waals surface area (Å²) < 4.78 is 10.8. The molecule has 0 atom stereocenters. The van der Waals surface area contributed by atoms with Crippen molar-refractivity contribution in [3.63, 3.8) is 0 Å². The van der Waals surface area contributed by atoms with Crippen LogP contribution in [0.25, 0.3) is 11.1 Å². The van der Waals surface area contributed by atoms with Crippen LogP contribution in [0.4, 0.5) is 5.69 Å². The Labute approximate surface area is 231 Å². The molecule has 40 heavy (non-hydrogen) atoms. The first-order chi connectivity index (χ1) is 19.1. The predicted octanol–water partition coefficient (Wildman–Crippen LogP) is 6.57. The van der Waals surface area contributed by atoms with Gasteiger partial charge in [0.25, 0.3) is 5.69 Å². The minimum atomic E-state index is -1.08. The molecule has 0 aliphatic carbocycles. The lowest BCUT2D eigenvalue weighted by atomic mass is 9.92. The molecule has 3 rings (SSSR count). The first-order valence-corrected chi connectivity index (χ1v) is 12.5. The number of esters is 1. The van der Waals surface area contributed by atoms with Gasteiger partial charge in [0.1, 0.15) is 17.1 Å². The van der Waals surface area contributed by atoms with Crippen LogP contribution in [-0.2, 0) is 11.2 Å². The van der Waals surface area contributed by atoms with E-state index >= 15 is 0 Å². The van der Waals surface area contributed by atoms with Crippen molar-refractivity contribution in [1.82, 2.24) is 0 Å².